The zero-order chi connectivity index (χ0) is 18.5. The molecule has 2 aromatic carbocycles. The van der Waals surface area contributed by atoms with Crippen LogP contribution >= 0.6 is 0 Å². The normalized spacial score (nSPS) is 10.5. The predicted octanol–water partition coefficient (Wildman–Crippen LogP) is 2.96. The summed E-state index contributed by atoms with van der Waals surface area (Å²) in [7, 11) is 1.34. The van der Waals surface area contributed by atoms with Gasteiger partial charge in [-0.1, -0.05) is 0 Å². The Morgan fingerprint density at radius 1 is 1.12 bits per heavy atom. The molecule has 1 N–H and O–H groups in total. The number of carbonyl (C=O) groups excluding carboxylic acids is 2. The zero-order valence-electron chi connectivity index (χ0n) is 14.4. The number of aromatic amines is 1. The number of hydrogen-bond donors (Lipinski definition) is 1. The summed E-state index contributed by atoms with van der Waals surface area (Å²) in [6, 6.07) is 12.3. The van der Waals surface area contributed by atoms with E-state index in [9.17, 15) is 9.59 Å². The van der Waals surface area contributed by atoms with E-state index in [0.717, 1.165) is 16.6 Å². The first kappa shape index (κ1) is 17.5. The second-order valence-electron chi connectivity index (χ2n) is 5.43. The summed E-state index contributed by atoms with van der Waals surface area (Å²) < 4.78 is 14.9. The van der Waals surface area contributed by atoms with Crippen LogP contribution in [0.5, 0.6) is 5.75 Å². The van der Waals surface area contributed by atoms with E-state index in [0.29, 0.717) is 23.7 Å². The fourth-order valence-corrected chi connectivity index (χ4v) is 2.45. The van der Waals surface area contributed by atoms with E-state index in [-0.39, 0.29) is 6.61 Å². The maximum atomic E-state index is 11.6. The monoisotopic (exact) mass is 354 g/mol. The molecule has 3 rings (SSSR count). The number of carbonyl (C=O) groups is 2. The summed E-state index contributed by atoms with van der Waals surface area (Å²) in [6.45, 7) is 1.94. The average Bonchev–Trinajstić information content (AvgIpc) is 3.09. The summed E-state index contributed by atoms with van der Waals surface area (Å²) in [6.07, 6.45) is 0. The molecular weight excluding hydrogens is 336 g/mol. The summed E-state index contributed by atoms with van der Waals surface area (Å²) in [5, 5.41) is 0. The molecule has 0 aliphatic rings. The van der Waals surface area contributed by atoms with Crippen LogP contribution in [0.15, 0.2) is 42.5 Å². The fraction of sp³-hybridized carbons (Fsp3) is 0.211. The van der Waals surface area contributed by atoms with Gasteiger partial charge in [0.05, 0.1) is 30.3 Å². The molecule has 0 saturated carbocycles. The summed E-state index contributed by atoms with van der Waals surface area (Å²) in [5.74, 6) is 0.422. The van der Waals surface area contributed by atoms with E-state index < -0.39 is 11.9 Å². The Labute approximate surface area is 149 Å². The van der Waals surface area contributed by atoms with Gasteiger partial charge in [-0.3, -0.25) is 0 Å². The number of benzene rings is 2. The molecule has 0 atom stereocenters. The molecule has 1 heterocycles. The number of methoxy groups -OCH3 is 1. The van der Waals surface area contributed by atoms with Gasteiger partial charge in [0.25, 0.3) is 0 Å². The Morgan fingerprint density at radius 2 is 1.88 bits per heavy atom. The topological polar surface area (TPSA) is 90.5 Å². The molecule has 0 unspecified atom stereocenters. The number of nitrogens with one attached hydrogen (secondary N) is 1. The third-order valence-electron chi connectivity index (χ3n) is 3.69. The summed E-state index contributed by atoms with van der Waals surface area (Å²) in [4.78, 5) is 30.6. The Kier molecular flexibility index (Phi) is 5.17. The van der Waals surface area contributed by atoms with Gasteiger partial charge in [0.1, 0.15) is 11.6 Å². The van der Waals surface area contributed by atoms with E-state index in [2.05, 4.69) is 9.97 Å². The SMILES string of the molecule is CCOC(=O)COc1ccc(-c2nc3ccc(C(=O)OC)cc3[nH]2)cc1. The van der Waals surface area contributed by atoms with Crippen LogP contribution in [0, 0.1) is 0 Å². The van der Waals surface area contributed by atoms with Crippen molar-refractivity contribution in [2.45, 2.75) is 6.92 Å². The molecule has 3 aromatic rings. The first-order chi connectivity index (χ1) is 12.6. The first-order valence-corrected chi connectivity index (χ1v) is 8.07. The highest BCUT2D eigenvalue weighted by Crippen LogP contribution is 2.23. The maximum Gasteiger partial charge on any atom is 0.344 e. The number of hydrogen-bond acceptors (Lipinski definition) is 6. The van der Waals surface area contributed by atoms with Crippen LogP contribution < -0.4 is 4.74 Å². The van der Waals surface area contributed by atoms with Crippen LogP contribution in [0.2, 0.25) is 0 Å². The molecule has 0 bridgehead atoms. The number of fused-ring (bicyclic) bond motifs is 1. The smallest absolute Gasteiger partial charge is 0.344 e. The lowest BCUT2D eigenvalue weighted by atomic mass is 10.2. The van der Waals surface area contributed by atoms with Crippen LogP contribution in [0.3, 0.4) is 0 Å². The van der Waals surface area contributed by atoms with Crippen molar-refractivity contribution in [3.8, 4) is 17.1 Å². The lowest BCUT2D eigenvalue weighted by molar-refractivity contribution is -0.145. The quantitative estimate of drug-likeness (QED) is 0.685. The lowest BCUT2D eigenvalue weighted by Crippen LogP contribution is -2.14. The molecule has 7 nitrogen and oxygen atoms in total. The van der Waals surface area contributed by atoms with Crippen molar-refractivity contribution < 1.29 is 23.8 Å². The Bertz CT molecular complexity index is 931. The summed E-state index contributed by atoms with van der Waals surface area (Å²) in [5.41, 5.74) is 2.79. The number of imidazole rings is 1. The van der Waals surface area contributed by atoms with Crippen molar-refractivity contribution >= 4 is 23.0 Å². The first-order valence-electron chi connectivity index (χ1n) is 8.07. The van der Waals surface area contributed by atoms with Crippen molar-refractivity contribution in [3.63, 3.8) is 0 Å². The minimum absolute atomic E-state index is 0.131. The molecule has 0 saturated heterocycles. The molecular formula is C19H18N2O5. The molecule has 0 aliphatic carbocycles. The zero-order valence-corrected chi connectivity index (χ0v) is 14.4. The van der Waals surface area contributed by atoms with E-state index in [1.165, 1.54) is 7.11 Å². The lowest BCUT2D eigenvalue weighted by Gasteiger charge is -2.06. The van der Waals surface area contributed by atoms with Gasteiger partial charge in [-0.15, -0.1) is 0 Å². The molecule has 134 valence electrons. The van der Waals surface area contributed by atoms with Crippen molar-refractivity contribution in [2.75, 3.05) is 20.3 Å². The minimum Gasteiger partial charge on any atom is -0.482 e. The van der Waals surface area contributed by atoms with Gasteiger partial charge in [-0.25, -0.2) is 14.6 Å². The largest absolute Gasteiger partial charge is 0.482 e. The Hall–Kier alpha value is -3.35. The molecule has 7 heteroatoms. The van der Waals surface area contributed by atoms with Crippen molar-refractivity contribution in [2.24, 2.45) is 0 Å². The highest BCUT2D eigenvalue weighted by Gasteiger charge is 2.10. The second-order valence-corrected chi connectivity index (χ2v) is 5.43. The molecule has 0 fully saturated rings. The van der Waals surface area contributed by atoms with E-state index in [1.54, 1.807) is 37.3 Å². The third-order valence-corrected chi connectivity index (χ3v) is 3.69. The number of nitrogens with zero attached hydrogens (tertiary/aromatic N) is 1. The van der Waals surface area contributed by atoms with Crippen LogP contribution in [-0.2, 0) is 14.3 Å². The number of H-pyrrole nitrogens is 1. The van der Waals surface area contributed by atoms with Crippen LogP contribution in [0.1, 0.15) is 17.3 Å². The van der Waals surface area contributed by atoms with Gasteiger partial charge < -0.3 is 19.2 Å². The van der Waals surface area contributed by atoms with Crippen molar-refractivity contribution in [1.82, 2.24) is 9.97 Å². The van der Waals surface area contributed by atoms with Gasteiger partial charge in [-0.2, -0.15) is 0 Å². The van der Waals surface area contributed by atoms with Gasteiger partial charge in [-0.05, 0) is 49.4 Å². The van der Waals surface area contributed by atoms with E-state index in [1.807, 2.05) is 12.1 Å². The van der Waals surface area contributed by atoms with E-state index >= 15 is 0 Å². The molecule has 0 aliphatic heterocycles. The minimum atomic E-state index is -0.407. The van der Waals surface area contributed by atoms with Crippen molar-refractivity contribution in [1.29, 1.82) is 0 Å². The molecule has 0 spiro atoms. The Balaban J connectivity index is 1.76. The standard InChI is InChI=1S/C19H18N2O5/c1-3-25-17(22)11-26-14-7-4-12(5-8-14)18-20-15-9-6-13(19(23)24-2)10-16(15)21-18/h4-10H,3,11H2,1-2H3,(H,20,21). The number of esters is 2. The molecule has 0 amide bonds. The van der Waals surface area contributed by atoms with Gasteiger partial charge in [0, 0.05) is 5.56 Å². The van der Waals surface area contributed by atoms with Crippen LogP contribution in [-0.4, -0.2) is 42.2 Å². The predicted molar refractivity (Wildman–Crippen MR) is 95.0 cm³/mol. The van der Waals surface area contributed by atoms with Crippen molar-refractivity contribution in [3.05, 3.63) is 48.0 Å². The van der Waals surface area contributed by atoms with Gasteiger partial charge >= 0.3 is 11.9 Å². The fourth-order valence-electron chi connectivity index (χ4n) is 2.45. The van der Waals surface area contributed by atoms with Gasteiger partial charge in [0.15, 0.2) is 6.61 Å². The number of ether oxygens (including phenoxy) is 3. The molecule has 1 aromatic heterocycles. The van der Waals surface area contributed by atoms with Crippen LogP contribution in [0.4, 0.5) is 0 Å². The van der Waals surface area contributed by atoms with Crippen LogP contribution in [0.25, 0.3) is 22.4 Å². The molecule has 0 radical (unpaired) electrons. The third kappa shape index (κ3) is 3.83. The average molecular weight is 354 g/mol. The van der Waals surface area contributed by atoms with E-state index in [4.69, 9.17) is 14.2 Å². The number of aromatic nitrogens is 2. The van der Waals surface area contributed by atoms with Gasteiger partial charge in [0.2, 0.25) is 0 Å². The maximum absolute atomic E-state index is 11.6. The summed E-state index contributed by atoms with van der Waals surface area (Å²) >= 11 is 0. The highest BCUT2D eigenvalue weighted by atomic mass is 16.6. The second kappa shape index (κ2) is 7.69. The number of rotatable bonds is 6. The molecule has 26 heavy (non-hydrogen) atoms. The highest BCUT2D eigenvalue weighted by molar-refractivity contribution is 5.94. The Morgan fingerprint density at radius 3 is 2.58 bits per heavy atom.